The lowest BCUT2D eigenvalue weighted by molar-refractivity contribution is -0.133. The number of aromatic nitrogens is 1. The summed E-state index contributed by atoms with van der Waals surface area (Å²) in [5, 5.41) is 0. The van der Waals surface area contributed by atoms with Gasteiger partial charge in [-0.25, -0.2) is 0 Å². The summed E-state index contributed by atoms with van der Waals surface area (Å²) in [4.78, 5) is 20.8. The van der Waals surface area contributed by atoms with Crippen LogP contribution in [0.5, 0.6) is 0 Å². The van der Waals surface area contributed by atoms with Crippen molar-refractivity contribution in [3.8, 4) is 0 Å². The third-order valence-corrected chi connectivity index (χ3v) is 4.56. The molecule has 0 aromatic carbocycles. The minimum absolute atomic E-state index is 0.264. The summed E-state index contributed by atoms with van der Waals surface area (Å²) in [5.74, 6) is 0.264. The predicted molar refractivity (Wildman–Crippen MR) is 84.6 cm³/mol. The molecule has 1 unspecified atom stereocenters. The van der Waals surface area contributed by atoms with Crippen LogP contribution in [0.1, 0.15) is 24.8 Å². The van der Waals surface area contributed by atoms with Gasteiger partial charge in [0, 0.05) is 58.1 Å². The third-order valence-electron chi connectivity index (χ3n) is 4.56. The van der Waals surface area contributed by atoms with Crippen molar-refractivity contribution >= 4 is 5.91 Å². The lowest BCUT2D eigenvalue weighted by Crippen LogP contribution is -2.50. The highest BCUT2D eigenvalue weighted by Crippen LogP contribution is 2.15. The number of hydrogen-bond donors (Lipinski definition) is 0. The summed E-state index contributed by atoms with van der Waals surface area (Å²) < 4.78 is 5.69. The van der Waals surface area contributed by atoms with Crippen LogP contribution in [0.15, 0.2) is 24.5 Å². The van der Waals surface area contributed by atoms with Crippen LogP contribution in [-0.4, -0.2) is 66.1 Å². The van der Waals surface area contributed by atoms with Gasteiger partial charge >= 0.3 is 0 Å². The first-order valence-corrected chi connectivity index (χ1v) is 8.32. The first-order chi connectivity index (χ1) is 10.8. The molecule has 1 aromatic heterocycles. The zero-order valence-corrected chi connectivity index (χ0v) is 13.1. The number of nitrogens with zero attached hydrogens (tertiary/aromatic N) is 3. The number of hydrogen-bond acceptors (Lipinski definition) is 4. The van der Waals surface area contributed by atoms with Gasteiger partial charge in [0.05, 0.1) is 6.10 Å². The minimum Gasteiger partial charge on any atom is -0.377 e. The SMILES string of the molecule is O=C(CCc1cccnc1)N1CCN(CC2CCCO2)CC1. The molecule has 1 atom stereocenters. The highest BCUT2D eigenvalue weighted by Gasteiger charge is 2.24. The average molecular weight is 303 g/mol. The van der Waals surface area contributed by atoms with Crippen molar-refractivity contribution in [2.24, 2.45) is 0 Å². The monoisotopic (exact) mass is 303 g/mol. The van der Waals surface area contributed by atoms with Gasteiger partial charge in [-0.2, -0.15) is 0 Å². The predicted octanol–water partition coefficient (Wildman–Crippen LogP) is 1.34. The molecule has 2 saturated heterocycles. The van der Waals surface area contributed by atoms with Gasteiger partial charge in [0.25, 0.3) is 0 Å². The van der Waals surface area contributed by atoms with Gasteiger partial charge in [-0.15, -0.1) is 0 Å². The molecule has 0 saturated carbocycles. The van der Waals surface area contributed by atoms with Crippen molar-refractivity contribution in [1.82, 2.24) is 14.8 Å². The largest absolute Gasteiger partial charge is 0.377 e. The molecule has 0 spiro atoms. The Hall–Kier alpha value is -1.46. The van der Waals surface area contributed by atoms with Crippen LogP contribution >= 0.6 is 0 Å². The Morgan fingerprint density at radius 2 is 2.18 bits per heavy atom. The van der Waals surface area contributed by atoms with Gasteiger partial charge in [0.1, 0.15) is 0 Å². The Morgan fingerprint density at radius 3 is 2.86 bits per heavy atom. The Balaban J connectivity index is 1.38. The molecule has 0 aliphatic carbocycles. The van der Waals surface area contributed by atoms with E-state index in [0.29, 0.717) is 12.5 Å². The van der Waals surface area contributed by atoms with E-state index in [1.807, 2.05) is 23.2 Å². The van der Waals surface area contributed by atoms with Crippen LogP contribution in [-0.2, 0) is 16.0 Å². The van der Waals surface area contributed by atoms with E-state index in [9.17, 15) is 4.79 Å². The number of piperazine rings is 1. The minimum atomic E-state index is 0.264. The first-order valence-electron chi connectivity index (χ1n) is 8.32. The first kappa shape index (κ1) is 15.4. The zero-order valence-electron chi connectivity index (χ0n) is 13.1. The summed E-state index contributed by atoms with van der Waals surface area (Å²) in [6.07, 6.45) is 7.75. The molecule has 0 N–H and O–H groups in total. The summed E-state index contributed by atoms with van der Waals surface area (Å²) in [6.45, 7) is 5.57. The molecule has 0 radical (unpaired) electrons. The van der Waals surface area contributed by atoms with Gasteiger partial charge in [0.15, 0.2) is 0 Å². The van der Waals surface area contributed by atoms with E-state index in [-0.39, 0.29) is 5.91 Å². The summed E-state index contributed by atoms with van der Waals surface area (Å²) in [6, 6.07) is 3.95. The topological polar surface area (TPSA) is 45.7 Å². The fourth-order valence-corrected chi connectivity index (χ4v) is 3.21. The van der Waals surface area contributed by atoms with Crippen molar-refractivity contribution < 1.29 is 9.53 Å². The fourth-order valence-electron chi connectivity index (χ4n) is 3.21. The standard InChI is InChI=1S/C17H25N3O2/c21-17(6-5-15-3-1-7-18-13-15)20-10-8-19(9-11-20)14-16-4-2-12-22-16/h1,3,7,13,16H,2,4-6,8-12,14H2. The molecular weight excluding hydrogens is 278 g/mol. The van der Waals surface area contributed by atoms with Crippen LogP contribution in [0.25, 0.3) is 0 Å². The fraction of sp³-hybridized carbons (Fsp3) is 0.647. The average Bonchev–Trinajstić information content (AvgIpc) is 3.07. The number of rotatable bonds is 5. The number of aryl methyl sites for hydroxylation is 1. The second kappa shape index (κ2) is 7.70. The smallest absolute Gasteiger partial charge is 0.222 e. The Kier molecular flexibility index (Phi) is 5.40. The summed E-state index contributed by atoms with van der Waals surface area (Å²) in [5.41, 5.74) is 1.13. The number of carbonyl (C=O) groups excluding carboxylic acids is 1. The number of ether oxygens (including phenoxy) is 1. The van der Waals surface area contributed by atoms with E-state index >= 15 is 0 Å². The molecule has 5 nitrogen and oxygen atoms in total. The van der Waals surface area contributed by atoms with E-state index in [0.717, 1.165) is 51.3 Å². The normalized spacial score (nSPS) is 22.9. The summed E-state index contributed by atoms with van der Waals surface area (Å²) in [7, 11) is 0. The van der Waals surface area contributed by atoms with Crippen molar-refractivity contribution in [3.05, 3.63) is 30.1 Å². The van der Waals surface area contributed by atoms with Crippen LogP contribution in [0.4, 0.5) is 0 Å². The number of pyridine rings is 1. The molecule has 2 aliphatic rings. The molecular formula is C17H25N3O2. The van der Waals surface area contributed by atoms with Crippen LogP contribution < -0.4 is 0 Å². The van der Waals surface area contributed by atoms with Gasteiger partial charge < -0.3 is 9.64 Å². The van der Waals surface area contributed by atoms with Crippen LogP contribution in [0.3, 0.4) is 0 Å². The van der Waals surface area contributed by atoms with Crippen molar-refractivity contribution in [2.45, 2.75) is 31.8 Å². The Bertz CT molecular complexity index is 466. The molecule has 5 heteroatoms. The highest BCUT2D eigenvalue weighted by molar-refractivity contribution is 5.76. The molecule has 1 aromatic rings. The third kappa shape index (κ3) is 4.27. The van der Waals surface area contributed by atoms with Crippen molar-refractivity contribution in [1.29, 1.82) is 0 Å². The molecule has 1 amide bonds. The van der Waals surface area contributed by atoms with E-state index < -0.39 is 0 Å². The van der Waals surface area contributed by atoms with E-state index in [2.05, 4.69) is 9.88 Å². The van der Waals surface area contributed by atoms with Crippen molar-refractivity contribution in [2.75, 3.05) is 39.3 Å². The van der Waals surface area contributed by atoms with Gasteiger partial charge in [-0.1, -0.05) is 6.07 Å². The molecule has 0 bridgehead atoms. The van der Waals surface area contributed by atoms with E-state index in [1.165, 1.54) is 12.8 Å². The maximum absolute atomic E-state index is 12.3. The zero-order chi connectivity index (χ0) is 15.2. The highest BCUT2D eigenvalue weighted by atomic mass is 16.5. The maximum atomic E-state index is 12.3. The molecule has 3 heterocycles. The lowest BCUT2D eigenvalue weighted by atomic mass is 10.1. The summed E-state index contributed by atoms with van der Waals surface area (Å²) >= 11 is 0. The Morgan fingerprint density at radius 1 is 1.32 bits per heavy atom. The van der Waals surface area contributed by atoms with Gasteiger partial charge in [-0.05, 0) is 30.9 Å². The lowest BCUT2D eigenvalue weighted by Gasteiger charge is -2.35. The van der Waals surface area contributed by atoms with Gasteiger partial charge in [0.2, 0.25) is 5.91 Å². The van der Waals surface area contributed by atoms with E-state index in [1.54, 1.807) is 6.20 Å². The quantitative estimate of drug-likeness (QED) is 0.823. The second-order valence-electron chi connectivity index (χ2n) is 6.18. The molecule has 120 valence electrons. The van der Waals surface area contributed by atoms with E-state index in [4.69, 9.17) is 4.74 Å². The van der Waals surface area contributed by atoms with Crippen LogP contribution in [0, 0.1) is 0 Å². The van der Waals surface area contributed by atoms with Gasteiger partial charge in [-0.3, -0.25) is 14.7 Å². The maximum Gasteiger partial charge on any atom is 0.222 e. The molecule has 2 aliphatic heterocycles. The Labute approximate surface area is 132 Å². The van der Waals surface area contributed by atoms with Crippen LogP contribution in [0.2, 0.25) is 0 Å². The molecule has 3 rings (SSSR count). The number of carbonyl (C=O) groups is 1. The number of amides is 1. The van der Waals surface area contributed by atoms with Crippen molar-refractivity contribution in [3.63, 3.8) is 0 Å². The second-order valence-corrected chi connectivity index (χ2v) is 6.18. The molecule has 2 fully saturated rings. The molecule has 22 heavy (non-hydrogen) atoms.